The van der Waals surface area contributed by atoms with Crippen LogP contribution in [0, 0.1) is 11.8 Å². The Balaban J connectivity index is 1.93. The number of urea groups is 1. The molecule has 1 aromatic carbocycles. The van der Waals surface area contributed by atoms with Crippen LogP contribution < -0.4 is 11.1 Å². The van der Waals surface area contributed by atoms with Crippen LogP contribution in [0.15, 0.2) is 24.3 Å². The van der Waals surface area contributed by atoms with E-state index in [1.54, 1.807) is 24.3 Å². The van der Waals surface area contributed by atoms with Crippen LogP contribution >= 0.6 is 11.6 Å². The number of benzene rings is 1. The molecule has 3 N–H and O–H groups in total. The third kappa shape index (κ3) is 4.37. The predicted octanol–water partition coefficient (Wildman–Crippen LogP) is 3.67. The van der Waals surface area contributed by atoms with Crippen LogP contribution in [0.25, 0.3) is 0 Å². The molecule has 1 aliphatic carbocycles. The van der Waals surface area contributed by atoms with Gasteiger partial charge in [-0.05, 0) is 49.3 Å². The Morgan fingerprint density at radius 1 is 1.18 bits per heavy atom. The van der Waals surface area contributed by atoms with Gasteiger partial charge < -0.3 is 16.0 Å². The lowest BCUT2D eigenvalue weighted by atomic mass is 9.70. The zero-order valence-electron chi connectivity index (χ0n) is 15.2. The van der Waals surface area contributed by atoms with Gasteiger partial charge in [0.2, 0.25) is 5.91 Å². The molecule has 2 atom stereocenters. The highest BCUT2D eigenvalue weighted by molar-refractivity contribution is 6.30. The summed E-state index contributed by atoms with van der Waals surface area (Å²) in [6.07, 6.45) is -3.52. The van der Waals surface area contributed by atoms with Crippen molar-refractivity contribution >= 4 is 23.5 Å². The summed E-state index contributed by atoms with van der Waals surface area (Å²) in [6.45, 7) is 0.570. The number of alkyl halides is 3. The summed E-state index contributed by atoms with van der Waals surface area (Å²) >= 11 is 5.98. The second kappa shape index (κ2) is 8.19. The molecule has 1 saturated heterocycles. The van der Waals surface area contributed by atoms with Gasteiger partial charge in [-0.15, -0.1) is 0 Å². The van der Waals surface area contributed by atoms with Crippen LogP contribution in [0.3, 0.4) is 0 Å². The van der Waals surface area contributed by atoms with Crippen molar-refractivity contribution in [3.63, 3.8) is 0 Å². The largest absolute Gasteiger partial charge is 0.391 e. The average molecular weight is 418 g/mol. The van der Waals surface area contributed by atoms with Crippen LogP contribution in [0.1, 0.15) is 37.2 Å². The Labute approximate surface area is 166 Å². The number of nitrogens with two attached hydrogens (primary N) is 1. The highest BCUT2D eigenvalue weighted by Crippen LogP contribution is 2.46. The Morgan fingerprint density at radius 3 is 2.32 bits per heavy atom. The molecule has 28 heavy (non-hydrogen) atoms. The minimum atomic E-state index is -4.21. The molecular formula is C19H23ClF3N3O2. The van der Waals surface area contributed by atoms with Gasteiger partial charge in [0.15, 0.2) is 0 Å². The molecule has 2 aliphatic rings. The van der Waals surface area contributed by atoms with Crippen molar-refractivity contribution in [3.05, 3.63) is 34.9 Å². The zero-order valence-corrected chi connectivity index (χ0v) is 16.0. The van der Waals surface area contributed by atoms with Gasteiger partial charge in [0, 0.05) is 24.0 Å². The fourth-order valence-electron chi connectivity index (χ4n) is 4.49. The second-order valence-corrected chi connectivity index (χ2v) is 7.93. The third-order valence-electron chi connectivity index (χ3n) is 5.88. The number of amides is 3. The molecule has 1 aliphatic heterocycles. The van der Waals surface area contributed by atoms with E-state index in [1.165, 1.54) is 4.90 Å². The van der Waals surface area contributed by atoms with Crippen LogP contribution in [0.4, 0.5) is 18.0 Å². The lowest BCUT2D eigenvalue weighted by molar-refractivity contribution is -0.184. The predicted molar refractivity (Wildman–Crippen MR) is 98.8 cm³/mol. The first-order valence-electron chi connectivity index (χ1n) is 9.34. The van der Waals surface area contributed by atoms with Gasteiger partial charge in [-0.1, -0.05) is 23.7 Å². The maximum absolute atomic E-state index is 13.1. The van der Waals surface area contributed by atoms with E-state index < -0.39 is 30.1 Å². The zero-order chi connectivity index (χ0) is 20.5. The maximum atomic E-state index is 13.1. The van der Waals surface area contributed by atoms with Crippen LogP contribution in [-0.4, -0.2) is 42.1 Å². The summed E-state index contributed by atoms with van der Waals surface area (Å²) in [5.74, 6) is -2.26. The van der Waals surface area contributed by atoms with Gasteiger partial charge in [0.25, 0.3) is 0 Å². The van der Waals surface area contributed by atoms with Crippen molar-refractivity contribution in [2.45, 2.75) is 43.8 Å². The summed E-state index contributed by atoms with van der Waals surface area (Å²) in [6, 6.07) is 5.34. The average Bonchev–Trinajstić information content (AvgIpc) is 2.64. The van der Waals surface area contributed by atoms with E-state index in [9.17, 15) is 22.8 Å². The molecule has 0 spiro atoms. The molecule has 1 unspecified atom stereocenters. The number of carbonyl (C=O) groups is 2. The van der Waals surface area contributed by atoms with E-state index in [-0.39, 0.29) is 31.2 Å². The Morgan fingerprint density at radius 2 is 1.79 bits per heavy atom. The van der Waals surface area contributed by atoms with Crippen molar-refractivity contribution in [2.75, 3.05) is 13.1 Å². The van der Waals surface area contributed by atoms with Crippen LogP contribution in [-0.2, 0) is 4.79 Å². The summed E-state index contributed by atoms with van der Waals surface area (Å²) in [7, 11) is 0. The fraction of sp³-hybridized carbons (Fsp3) is 0.579. The Hall–Kier alpha value is -1.96. The molecule has 3 rings (SSSR count). The van der Waals surface area contributed by atoms with Crippen LogP contribution in [0.2, 0.25) is 5.02 Å². The third-order valence-corrected chi connectivity index (χ3v) is 6.13. The molecule has 0 bridgehead atoms. The molecule has 1 saturated carbocycles. The van der Waals surface area contributed by atoms with Crippen molar-refractivity contribution < 1.29 is 22.8 Å². The van der Waals surface area contributed by atoms with Crippen LogP contribution in [0.5, 0.6) is 0 Å². The first kappa shape index (κ1) is 20.8. The van der Waals surface area contributed by atoms with E-state index in [4.69, 9.17) is 17.3 Å². The molecule has 1 aromatic rings. The smallest absolute Gasteiger partial charge is 0.353 e. The quantitative estimate of drug-likeness (QED) is 0.787. The summed E-state index contributed by atoms with van der Waals surface area (Å²) in [5, 5.41) is 3.27. The highest BCUT2D eigenvalue weighted by atomic mass is 35.5. The Bertz CT molecular complexity index is 718. The van der Waals surface area contributed by atoms with E-state index in [0.717, 1.165) is 5.56 Å². The second-order valence-electron chi connectivity index (χ2n) is 7.50. The number of nitrogens with zero attached hydrogens (tertiary/aromatic N) is 1. The maximum Gasteiger partial charge on any atom is 0.391 e. The van der Waals surface area contributed by atoms with E-state index >= 15 is 0 Å². The van der Waals surface area contributed by atoms with Crippen molar-refractivity contribution in [1.29, 1.82) is 0 Å². The number of hydrogen-bond acceptors (Lipinski definition) is 2. The van der Waals surface area contributed by atoms with Crippen molar-refractivity contribution in [2.24, 2.45) is 17.6 Å². The number of nitrogens with one attached hydrogen (secondary N) is 1. The molecule has 9 heteroatoms. The number of primary amides is 1. The van der Waals surface area contributed by atoms with E-state index in [2.05, 4.69) is 5.32 Å². The van der Waals surface area contributed by atoms with Gasteiger partial charge in [0.05, 0.1) is 5.92 Å². The SMILES string of the molecule is NC(=O)N1CCNC(=O)C1[C@H](c1ccc(Cl)cc1)C1CCC(C(F)(F)F)CC1. The number of rotatable bonds is 3. The number of hydrogen-bond donors (Lipinski definition) is 2. The molecule has 1 heterocycles. The van der Waals surface area contributed by atoms with E-state index in [1.807, 2.05) is 0 Å². The fourth-order valence-corrected chi connectivity index (χ4v) is 4.62. The first-order chi connectivity index (χ1) is 13.2. The lowest BCUT2D eigenvalue weighted by Crippen LogP contribution is -2.61. The minimum Gasteiger partial charge on any atom is -0.353 e. The summed E-state index contributed by atoms with van der Waals surface area (Å²) in [5.41, 5.74) is 6.28. The number of piperazine rings is 1. The topological polar surface area (TPSA) is 75.4 Å². The normalized spacial score (nSPS) is 27.2. The van der Waals surface area contributed by atoms with Gasteiger partial charge in [-0.25, -0.2) is 4.79 Å². The molecule has 0 radical (unpaired) electrons. The summed E-state index contributed by atoms with van der Waals surface area (Å²) in [4.78, 5) is 26.0. The van der Waals surface area contributed by atoms with Gasteiger partial charge in [-0.2, -0.15) is 13.2 Å². The standard InChI is InChI=1S/C19H23ClF3N3O2/c20-14-7-3-12(4-8-14)15(11-1-5-13(6-2-11)19(21,22)23)16-17(27)25-9-10-26(16)18(24)28/h3-4,7-8,11,13,15-16H,1-2,5-6,9-10H2,(H2,24,28)(H,25,27)/t11?,13?,15-,16?/m0/s1. The van der Waals surface area contributed by atoms with Crippen molar-refractivity contribution in [1.82, 2.24) is 10.2 Å². The molecule has 5 nitrogen and oxygen atoms in total. The van der Waals surface area contributed by atoms with Gasteiger partial charge >= 0.3 is 12.2 Å². The minimum absolute atomic E-state index is 0.0170. The monoisotopic (exact) mass is 417 g/mol. The molecular weight excluding hydrogens is 395 g/mol. The first-order valence-corrected chi connectivity index (χ1v) is 9.72. The molecule has 154 valence electrons. The Kier molecular flexibility index (Phi) is 6.07. The summed E-state index contributed by atoms with van der Waals surface area (Å²) < 4.78 is 39.2. The van der Waals surface area contributed by atoms with Crippen molar-refractivity contribution in [3.8, 4) is 0 Å². The lowest BCUT2D eigenvalue weighted by Gasteiger charge is -2.43. The van der Waals surface area contributed by atoms with Gasteiger partial charge in [0.1, 0.15) is 6.04 Å². The molecule has 3 amide bonds. The number of carbonyl (C=O) groups excluding carboxylic acids is 2. The molecule has 0 aromatic heterocycles. The number of halogens is 4. The van der Waals surface area contributed by atoms with E-state index in [0.29, 0.717) is 24.4 Å². The van der Waals surface area contributed by atoms with Gasteiger partial charge in [-0.3, -0.25) is 4.79 Å². The molecule has 2 fully saturated rings. The highest BCUT2D eigenvalue weighted by Gasteiger charge is 2.47.